The Labute approximate surface area is 125 Å². The predicted octanol–water partition coefficient (Wildman–Crippen LogP) is 1.91. The first kappa shape index (κ1) is 14.6. The summed E-state index contributed by atoms with van der Waals surface area (Å²) in [5.74, 6) is 0.0120. The Morgan fingerprint density at radius 3 is 2.71 bits per heavy atom. The van der Waals surface area contributed by atoms with E-state index in [4.69, 9.17) is 0 Å². The molecular weight excluding hydrogens is 266 g/mol. The topological polar surface area (TPSA) is 69.2 Å². The molecule has 3 rings (SSSR count). The smallest absolute Gasteiger partial charge is 0.274 e. The molecule has 0 unspecified atom stereocenters. The van der Waals surface area contributed by atoms with Gasteiger partial charge in [0.05, 0.1) is 5.60 Å². The van der Waals surface area contributed by atoms with E-state index in [-0.39, 0.29) is 11.3 Å². The maximum atomic E-state index is 12.8. The first-order valence-electron chi connectivity index (χ1n) is 7.90. The van der Waals surface area contributed by atoms with Crippen LogP contribution in [0.1, 0.15) is 61.8 Å². The van der Waals surface area contributed by atoms with Crippen molar-refractivity contribution in [3.63, 3.8) is 0 Å². The van der Waals surface area contributed by atoms with E-state index in [0.29, 0.717) is 25.2 Å². The number of rotatable bonds is 1. The zero-order chi connectivity index (χ0) is 15.3. The second kappa shape index (κ2) is 4.83. The number of aromatic amines is 1. The molecule has 1 aromatic rings. The van der Waals surface area contributed by atoms with Crippen LogP contribution in [0.4, 0.5) is 0 Å². The second-order valence-corrected chi connectivity index (χ2v) is 7.37. The van der Waals surface area contributed by atoms with Crippen LogP contribution in [-0.2, 0) is 12.8 Å². The third-order valence-corrected chi connectivity index (χ3v) is 5.46. The molecule has 1 aliphatic heterocycles. The minimum Gasteiger partial charge on any atom is -0.389 e. The van der Waals surface area contributed by atoms with Gasteiger partial charge in [-0.3, -0.25) is 9.89 Å². The fourth-order valence-corrected chi connectivity index (χ4v) is 3.40. The van der Waals surface area contributed by atoms with Gasteiger partial charge < -0.3 is 10.0 Å². The summed E-state index contributed by atoms with van der Waals surface area (Å²) in [6.45, 7) is 7.07. The number of carbonyl (C=O) groups is 1. The Bertz CT molecular complexity index is 560. The lowest BCUT2D eigenvalue weighted by atomic mass is 9.71. The van der Waals surface area contributed by atoms with E-state index in [2.05, 4.69) is 10.2 Å². The van der Waals surface area contributed by atoms with Crippen LogP contribution in [0.5, 0.6) is 0 Å². The summed E-state index contributed by atoms with van der Waals surface area (Å²) in [4.78, 5) is 14.6. The largest absolute Gasteiger partial charge is 0.389 e. The van der Waals surface area contributed by atoms with Crippen LogP contribution in [-0.4, -0.2) is 44.8 Å². The lowest BCUT2D eigenvalue weighted by Crippen LogP contribution is -2.57. The Hall–Kier alpha value is -1.36. The molecule has 21 heavy (non-hydrogen) atoms. The summed E-state index contributed by atoms with van der Waals surface area (Å²) < 4.78 is 0. The van der Waals surface area contributed by atoms with E-state index in [1.165, 1.54) is 6.42 Å². The molecule has 1 fully saturated rings. The van der Waals surface area contributed by atoms with Crippen LogP contribution in [0.3, 0.4) is 0 Å². The average molecular weight is 291 g/mol. The molecule has 5 nitrogen and oxygen atoms in total. The van der Waals surface area contributed by atoms with Gasteiger partial charge in [-0.05, 0) is 39.0 Å². The number of aromatic nitrogens is 2. The highest BCUT2D eigenvalue weighted by atomic mass is 16.3. The van der Waals surface area contributed by atoms with Crippen molar-refractivity contribution >= 4 is 5.91 Å². The number of hydrogen-bond donors (Lipinski definition) is 2. The van der Waals surface area contributed by atoms with Gasteiger partial charge >= 0.3 is 0 Å². The molecule has 1 amide bonds. The lowest BCUT2D eigenvalue weighted by Gasteiger charge is -2.48. The standard InChI is InChI=1S/C16H25N3O2/c1-15(2)10-19(9-8-16(15,3)21)14(20)13-11-6-4-5-7-12(11)17-18-13/h21H,4-10H2,1-3H3,(H,17,18)/t16-/m0/s1. The van der Waals surface area contributed by atoms with Crippen molar-refractivity contribution in [2.24, 2.45) is 5.41 Å². The van der Waals surface area contributed by atoms with E-state index in [1.54, 1.807) is 0 Å². The average Bonchev–Trinajstić information content (AvgIpc) is 2.85. The van der Waals surface area contributed by atoms with Gasteiger partial charge in [-0.1, -0.05) is 13.8 Å². The number of H-pyrrole nitrogens is 1. The molecule has 116 valence electrons. The number of likely N-dealkylation sites (tertiary alicyclic amines) is 1. The molecule has 2 heterocycles. The van der Waals surface area contributed by atoms with Gasteiger partial charge in [0.15, 0.2) is 5.69 Å². The zero-order valence-electron chi connectivity index (χ0n) is 13.2. The molecule has 0 aromatic carbocycles. The highest BCUT2D eigenvalue weighted by molar-refractivity contribution is 5.94. The molecule has 1 aliphatic carbocycles. The highest BCUT2D eigenvalue weighted by Gasteiger charge is 2.45. The van der Waals surface area contributed by atoms with Crippen molar-refractivity contribution < 1.29 is 9.90 Å². The van der Waals surface area contributed by atoms with Gasteiger partial charge in [-0.2, -0.15) is 5.10 Å². The third kappa shape index (κ3) is 2.37. The van der Waals surface area contributed by atoms with Crippen molar-refractivity contribution in [1.29, 1.82) is 0 Å². The van der Waals surface area contributed by atoms with E-state index in [0.717, 1.165) is 30.5 Å². The lowest BCUT2D eigenvalue weighted by molar-refractivity contribution is -0.0971. The number of piperidine rings is 1. The minimum absolute atomic E-state index is 0.0120. The molecule has 1 atom stereocenters. The maximum Gasteiger partial charge on any atom is 0.274 e. The third-order valence-electron chi connectivity index (χ3n) is 5.46. The monoisotopic (exact) mass is 291 g/mol. The Morgan fingerprint density at radius 2 is 2.00 bits per heavy atom. The second-order valence-electron chi connectivity index (χ2n) is 7.37. The Balaban J connectivity index is 1.82. The number of amides is 1. The molecule has 0 saturated carbocycles. The molecule has 2 N–H and O–H groups in total. The SMILES string of the molecule is CC1(C)CN(C(=O)c2n[nH]c3c2CCCC3)CC[C@]1(C)O. The fourth-order valence-electron chi connectivity index (χ4n) is 3.40. The van der Waals surface area contributed by atoms with Crippen molar-refractivity contribution in [1.82, 2.24) is 15.1 Å². The summed E-state index contributed by atoms with van der Waals surface area (Å²) in [5, 5.41) is 17.8. The number of carbonyl (C=O) groups excluding carboxylic acids is 1. The van der Waals surface area contributed by atoms with Crippen molar-refractivity contribution in [2.75, 3.05) is 13.1 Å². The molecule has 2 aliphatic rings. The van der Waals surface area contributed by atoms with Gasteiger partial charge in [0.2, 0.25) is 0 Å². The Morgan fingerprint density at radius 1 is 1.29 bits per heavy atom. The van der Waals surface area contributed by atoms with E-state index in [1.807, 2.05) is 25.7 Å². The highest BCUT2D eigenvalue weighted by Crippen LogP contribution is 2.38. The van der Waals surface area contributed by atoms with E-state index < -0.39 is 5.60 Å². The van der Waals surface area contributed by atoms with Crippen molar-refractivity contribution in [3.8, 4) is 0 Å². The molecule has 5 heteroatoms. The van der Waals surface area contributed by atoms with Crippen LogP contribution >= 0.6 is 0 Å². The van der Waals surface area contributed by atoms with Gasteiger partial charge in [0.25, 0.3) is 5.91 Å². The van der Waals surface area contributed by atoms with Crippen LogP contribution in [0.15, 0.2) is 0 Å². The quantitative estimate of drug-likeness (QED) is 0.830. The summed E-state index contributed by atoms with van der Waals surface area (Å²) in [5.41, 5.74) is 1.81. The van der Waals surface area contributed by atoms with Crippen LogP contribution in [0, 0.1) is 5.41 Å². The number of nitrogens with one attached hydrogen (secondary N) is 1. The fraction of sp³-hybridized carbons (Fsp3) is 0.750. The summed E-state index contributed by atoms with van der Waals surface area (Å²) in [7, 11) is 0. The number of aliphatic hydroxyl groups is 1. The summed E-state index contributed by atoms with van der Waals surface area (Å²) >= 11 is 0. The van der Waals surface area contributed by atoms with Crippen molar-refractivity contribution in [2.45, 2.75) is 58.5 Å². The van der Waals surface area contributed by atoms with Crippen LogP contribution in [0.2, 0.25) is 0 Å². The summed E-state index contributed by atoms with van der Waals surface area (Å²) in [6, 6.07) is 0. The number of fused-ring (bicyclic) bond motifs is 1. The van der Waals surface area contributed by atoms with Crippen LogP contribution < -0.4 is 0 Å². The number of nitrogens with zero attached hydrogens (tertiary/aromatic N) is 2. The molecule has 1 aromatic heterocycles. The maximum absolute atomic E-state index is 12.8. The van der Waals surface area contributed by atoms with Gasteiger partial charge in [0, 0.05) is 29.8 Å². The predicted molar refractivity (Wildman–Crippen MR) is 80.2 cm³/mol. The number of aryl methyl sites for hydroxylation is 1. The van der Waals surface area contributed by atoms with Gasteiger partial charge in [-0.15, -0.1) is 0 Å². The molecule has 0 bridgehead atoms. The van der Waals surface area contributed by atoms with Crippen molar-refractivity contribution in [3.05, 3.63) is 17.0 Å². The summed E-state index contributed by atoms with van der Waals surface area (Å²) in [6.07, 6.45) is 4.85. The molecular formula is C16H25N3O2. The normalized spacial score (nSPS) is 28.3. The molecule has 0 radical (unpaired) electrons. The van der Waals surface area contributed by atoms with Gasteiger partial charge in [-0.25, -0.2) is 0 Å². The number of hydrogen-bond acceptors (Lipinski definition) is 3. The van der Waals surface area contributed by atoms with Gasteiger partial charge in [0.1, 0.15) is 0 Å². The van der Waals surface area contributed by atoms with Crippen LogP contribution in [0.25, 0.3) is 0 Å². The van der Waals surface area contributed by atoms with E-state index >= 15 is 0 Å². The minimum atomic E-state index is -0.727. The molecule has 0 spiro atoms. The molecule has 1 saturated heterocycles. The zero-order valence-corrected chi connectivity index (χ0v) is 13.2. The van der Waals surface area contributed by atoms with E-state index in [9.17, 15) is 9.90 Å². The first-order chi connectivity index (χ1) is 9.82. The Kier molecular flexibility index (Phi) is 3.35. The first-order valence-corrected chi connectivity index (χ1v) is 7.90.